The van der Waals surface area contributed by atoms with Crippen molar-refractivity contribution >= 4 is 21.6 Å². The molecule has 2 aromatic rings. The average Bonchev–Trinajstić information content (AvgIpc) is 3.11. The Kier molecular flexibility index (Phi) is 5.15. The first-order valence-electron chi connectivity index (χ1n) is 9.71. The Hall–Kier alpha value is -2.34. The van der Waals surface area contributed by atoms with Crippen molar-refractivity contribution in [3.8, 4) is 12.1 Å². The van der Waals surface area contributed by atoms with Crippen molar-refractivity contribution in [2.45, 2.75) is 38.3 Å². The summed E-state index contributed by atoms with van der Waals surface area (Å²) in [5.41, 5.74) is 1.16. The van der Waals surface area contributed by atoms with E-state index in [0.717, 1.165) is 28.6 Å². The van der Waals surface area contributed by atoms with Crippen LogP contribution in [0.1, 0.15) is 37.9 Å². The van der Waals surface area contributed by atoms with Crippen LogP contribution in [0, 0.1) is 39.9 Å². The van der Waals surface area contributed by atoms with Gasteiger partial charge in [0.1, 0.15) is 11.5 Å². The predicted molar refractivity (Wildman–Crippen MR) is 111 cm³/mol. The first-order chi connectivity index (χ1) is 13.6. The molecule has 28 heavy (non-hydrogen) atoms. The van der Waals surface area contributed by atoms with Gasteiger partial charge in [-0.05, 0) is 48.6 Å². The van der Waals surface area contributed by atoms with E-state index in [-0.39, 0.29) is 24.0 Å². The normalized spacial score (nSPS) is 28.2. The summed E-state index contributed by atoms with van der Waals surface area (Å²) in [5.74, 6) is 0.132. The number of hydrogen-bond donors (Lipinski definition) is 0. The van der Waals surface area contributed by atoms with Crippen LogP contribution >= 0.6 is 15.9 Å². The molecule has 1 aliphatic carbocycles. The molecule has 0 aromatic heterocycles. The Labute approximate surface area is 174 Å². The van der Waals surface area contributed by atoms with Gasteiger partial charge in [-0.2, -0.15) is 10.5 Å². The fraction of sp³-hybridized carbons (Fsp3) is 0.391. The van der Waals surface area contributed by atoms with Gasteiger partial charge in [0.25, 0.3) is 0 Å². The quantitative estimate of drug-likeness (QED) is 0.612. The minimum atomic E-state index is -0.942. The average molecular weight is 436 g/mol. The second-order valence-corrected chi connectivity index (χ2v) is 8.63. The van der Waals surface area contributed by atoms with Crippen LogP contribution in [0.25, 0.3) is 0 Å². The predicted octanol–water partition coefficient (Wildman–Crippen LogP) is 5.78. The molecule has 1 heterocycles. The van der Waals surface area contributed by atoms with Gasteiger partial charge in [-0.3, -0.25) is 9.90 Å². The molecule has 0 radical (unpaired) electrons. The van der Waals surface area contributed by atoms with E-state index in [9.17, 15) is 10.5 Å². The van der Waals surface area contributed by atoms with E-state index >= 15 is 0 Å². The molecule has 2 fully saturated rings. The van der Waals surface area contributed by atoms with Crippen molar-refractivity contribution in [2.75, 3.05) is 5.06 Å². The van der Waals surface area contributed by atoms with Gasteiger partial charge in [-0.1, -0.05) is 59.6 Å². The fourth-order valence-electron chi connectivity index (χ4n) is 4.80. The number of anilines is 1. The number of hydroxylamine groups is 1. The molecule has 2 aromatic carbocycles. The van der Waals surface area contributed by atoms with Crippen molar-refractivity contribution in [3.63, 3.8) is 0 Å². The van der Waals surface area contributed by atoms with E-state index in [1.54, 1.807) is 0 Å². The van der Waals surface area contributed by atoms with Crippen LogP contribution in [0.15, 0.2) is 59.1 Å². The number of benzene rings is 2. The summed E-state index contributed by atoms with van der Waals surface area (Å²) in [5, 5.41) is 21.8. The van der Waals surface area contributed by atoms with Crippen molar-refractivity contribution in [3.05, 3.63) is 64.6 Å². The highest BCUT2D eigenvalue weighted by Crippen LogP contribution is 2.55. The molecule has 0 unspecified atom stereocenters. The Morgan fingerprint density at radius 2 is 1.79 bits per heavy atom. The zero-order chi connectivity index (χ0) is 19.7. The number of hydrogen-bond acceptors (Lipinski definition) is 4. The molecular weight excluding hydrogens is 414 g/mol. The highest BCUT2D eigenvalue weighted by Gasteiger charge is 2.56. The molecule has 0 spiro atoms. The third-order valence-corrected chi connectivity index (χ3v) is 6.82. The summed E-state index contributed by atoms with van der Waals surface area (Å²) in [4.78, 5) is 6.49. The van der Waals surface area contributed by atoms with Gasteiger partial charge in [-0.25, -0.2) is 0 Å². The van der Waals surface area contributed by atoms with Crippen LogP contribution in [-0.2, 0) is 4.84 Å². The number of rotatable bonds is 3. The lowest BCUT2D eigenvalue weighted by molar-refractivity contribution is 0.0618. The molecular formula is C23H22BrN3O. The van der Waals surface area contributed by atoms with Crippen molar-refractivity contribution < 1.29 is 4.84 Å². The zero-order valence-corrected chi connectivity index (χ0v) is 17.3. The smallest absolute Gasteiger partial charge is 0.147 e. The molecule has 4 atom stereocenters. The molecule has 4 nitrogen and oxygen atoms in total. The second-order valence-electron chi connectivity index (χ2n) is 7.71. The molecule has 2 aliphatic rings. The zero-order valence-electron chi connectivity index (χ0n) is 15.8. The van der Waals surface area contributed by atoms with E-state index in [0.29, 0.717) is 6.42 Å². The van der Waals surface area contributed by atoms with Crippen LogP contribution in [0.5, 0.6) is 0 Å². The highest BCUT2D eigenvalue weighted by atomic mass is 79.9. The summed E-state index contributed by atoms with van der Waals surface area (Å²) in [6.07, 6.45) is 1.97. The summed E-state index contributed by atoms with van der Waals surface area (Å²) < 4.78 is 1.02. The maximum absolute atomic E-state index is 9.90. The third-order valence-electron chi connectivity index (χ3n) is 6.29. The first kappa shape index (κ1) is 19.0. The lowest BCUT2D eigenvalue weighted by Gasteiger charge is -2.41. The Morgan fingerprint density at radius 1 is 1.11 bits per heavy atom. The summed E-state index contributed by atoms with van der Waals surface area (Å²) >= 11 is 3.49. The Bertz CT molecular complexity index is 902. The molecule has 0 N–H and O–H groups in total. The molecule has 1 saturated carbocycles. The van der Waals surface area contributed by atoms with Gasteiger partial charge in [0.05, 0.1) is 23.9 Å². The topological polar surface area (TPSA) is 60.1 Å². The summed E-state index contributed by atoms with van der Waals surface area (Å²) in [6.45, 7) is 2.07. The number of halogens is 1. The first-order valence-corrected chi connectivity index (χ1v) is 10.5. The maximum atomic E-state index is 9.90. The van der Waals surface area contributed by atoms with Crippen LogP contribution in [0.2, 0.25) is 0 Å². The molecule has 5 heteroatoms. The van der Waals surface area contributed by atoms with Gasteiger partial charge in [0, 0.05) is 10.4 Å². The van der Waals surface area contributed by atoms with Gasteiger partial charge in [-0.15, -0.1) is 0 Å². The SMILES string of the molecule is CC[C@@H]1C[C@H]2[C@H](CC1(C#N)C#N)[C@H](c1ccccc1)ON2c1ccc(Br)cc1. The highest BCUT2D eigenvalue weighted by molar-refractivity contribution is 9.10. The van der Waals surface area contributed by atoms with Gasteiger partial charge < -0.3 is 0 Å². The largest absolute Gasteiger partial charge is 0.265 e. The molecule has 1 aliphatic heterocycles. The summed E-state index contributed by atoms with van der Waals surface area (Å²) in [6, 6.07) is 23.2. The molecule has 0 bridgehead atoms. The van der Waals surface area contributed by atoms with E-state index in [2.05, 4.69) is 47.1 Å². The lowest BCUT2D eigenvalue weighted by Crippen LogP contribution is -2.45. The third kappa shape index (κ3) is 3.09. The van der Waals surface area contributed by atoms with E-state index in [4.69, 9.17) is 4.84 Å². The second kappa shape index (κ2) is 7.59. The standard InChI is InChI=1S/C23H22BrN3O/c1-2-17-12-21-20(13-23(17,14-25)15-26)22(16-6-4-3-5-7-16)28-27(21)19-10-8-18(24)9-11-19/h3-11,17,20-22H,2,12-13H2,1H3/t17-,20+,21+,22+/m1/s1. The van der Waals surface area contributed by atoms with Crippen molar-refractivity contribution in [1.29, 1.82) is 10.5 Å². The maximum Gasteiger partial charge on any atom is 0.147 e. The van der Waals surface area contributed by atoms with E-state index in [1.165, 1.54) is 0 Å². The van der Waals surface area contributed by atoms with Crippen LogP contribution in [0.3, 0.4) is 0 Å². The summed E-state index contributed by atoms with van der Waals surface area (Å²) in [7, 11) is 0. The minimum Gasteiger partial charge on any atom is -0.265 e. The molecule has 4 rings (SSSR count). The van der Waals surface area contributed by atoms with Crippen molar-refractivity contribution in [1.82, 2.24) is 0 Å². The molecule has 0 amide bonds. The number of fused-ring (bicyclic) bond motifs is 1. The minimum absolute atomic E-state index is 0.0415. The van der Waals surface area contributed by atoms with Gasteiger partial charge >= 0.3 is 0 Å². The number of nitrogens with zero attached hydrogens (tertiary/aromatic N) is 3. The van der Waals surface area contributed by atoms with Crippen LogP contribution in [-0.4, -0.2) is 6.04 Å². The monoisotopic (exact) mass is 435 g/mol. The van der Waals surface area contributed by atoms with E-state index in [1.807, 2.05) is 47.5 Å². The van der Waals surface area contributed by atoms with Crippen molar-refractivity contribution in [2.24, 2.45) is 17.3 Å². The van der Waals surface area contributed by atoms with E-state index < -0.39 is 5.41 Å². The van der Waals surface area contributed by atoms with Gasteiger partial charge in [0.15, 0.2) is 0 Å². The van der Waals surface area contributed by atoms with Crippen LogP contribution in [0.4, 0.5) is 5.69 Å². The lowest BCUT2D eigenvalue weighted by atomic mass is 9.60. The van der Waals surface area contributed by atoms with Gasteiger partial charge in [0.2, 0.25) is 0 Å². The van der Waals surface area contributed by atoms with Crippen LogP contribution < -0.4 is 5.06 Å². The number of nitriles is 2. The molecule has 1 saturated heterocycles. The molecule has 142 valence electrons. The Balaban J connectivity index is 1.76. The Morgan fingerprint density at radius 3 is 2.39 bits per heavy atom. The fourth-order valence-corrected chi connectivity index (χ4v) is 5.07.